The third-order valence-corrected chi connectivity index (χ3v) is 4.64. The number of benzene rings is 2. The van der Waals surface area contributed by atoms with Gasteiger partial charge < -0.3 is 15.2 Å². The van der Waals surface area contributed by atoms with Crippen molar-refractivity contribution in [2.75, 3.05) is 0 Å². The first-order valence-electron chi connectivity index (χ1n) is 8.96. The van der Waals surface area contributed by atoms with Crippen LogP contribution < -0.4 is 10.1 Å². The zero-order valence-corrected chi connectivity index (χ0v) is 14.4. The molecule has 0 saturated heterocycles. The molecule has 0 heterocycles. The van der Waals surface area contributed by atoms with Gasteiger partial charge >= 0.3 is 5.97 Å². The van der Waals surface area contributed by atoms with Crippen LogP contribution in [0.2, 0.25) is 0 Å². The van der Waals surface area contributed by atoms with Crippen molar-refractivity contribution < 1.29 is 14.6 Å². The van der Waals surface area contributed by atoms with Gasteiger partial charge in [-0.15, -0.1) is 0 Å². The highest BCUT2D eigenvalue weighted by atomic mass is 16.5. The van der Waals surface area contributed by atoms with Crippen molar-refractivity contribution in [3.63, 3.8) is 0 Å². The van der Waals surface area contributed by atoms with E-state index in [9.17, 15) is 9.90 Å². The summed E-state index contributed by atoms with van der Waals surface area (Å²) >= 11 is 0. The van der Waals surface area contributed by atoms with Crippen molar-refractivity contribution in [2.45, 2.75) is 50.8 Å². The van der Waals surface area contributed by atoms with Crippen LogP contribution in [-0.2, 0) is 17.8 Å². The number of hydrogen-bond acceptors (Lipinski definition) is 3. The van der Waals surface area contributed by atoms with E-state index in [4.69, 9.17) is 4.74 Å². The molecular formula is C21H25NO3. The SMILES string of the molecule is O=C(O)[C@H](Cc1ccccc1)NCc1cccc(OC2CCCC2)c1. The Bertz CT molecular complexity index is 681. The minimum Gasteiger partial charge on any atom is -0.490 e. The van der Waals surface area contributed by atoms with Crippen molar-refractivity contribution >= 4 is 5.97 Å². The van der Waals surface area contributed by atoms with Crippen molar-refractivity contribution in [1.82, 2.24) is 5.32 Å². The van der Waals surface area contributed by atoms with Crippen LogP contribution in [-0.4, -0.2) is 23.2 Å². The number of rotatable bonds is 8. The molecule has 0 spiro atoms. The first-order chi connectivity index (χ1) is 12.2. The molecule has 0 bridgehead atoms. The lowest BCUT2D eigenvalue weighted by molar-refractivity contribution is -0.139. The topological polar surface area (TPSA) is 58.6 Å². The second-order valence-corrected chi connectivity index (χ2v) is 6.63. The van der Waals surface area contributed by atoms with Gasteiger partial charge in [0.1, 0.15) is 11.8 Å². The van der Waals surface area contributed by atoms with Crippen LogP contribution in [0, 0.1) is 0 Å². The van der Waals surface area contributed by atoms with Gasteiger partial charge in [-0.3, -0.25) is 4.79 Å². The number of carboxylic acids is 1. The Balaban J connectivity index is 1.57. The average Bonchev–Trinajstić information content (AvgIpc) is 3.12. The predicted molar refractivity (Wildman–Crippen MR) is 97.7 cm³/mol. The minimum atomic E-state index is -0.831. The van der Waals surface area contributed by atoms with Crippen LogP contribution >= 0.6 is 0 Å². The maximum absolute atomic E-state index is 11.5. The molecule has 0 radical (unpaired) electrons. The largest absolute Gasteiger partial charge is 0.490 e. The molecule has 3 rings (SSSR count). The van der Waals surface area contributed by atoms with E-state index < -0.39 is 12.0 Å². The van der Waals surface area contributed by atoms with Gasteiger partial charge in [0, 0.05) is 6.54 Å². The van der Waals surface area contributed by atoms with E-state index in [1.807, 2.05) is 54.6 Å². The zero-order valence-electron chi connectivity index (χ0n) is 14.4. The number of ether oxygens (including phenoxy) is 1. The third kappa shape index (κ3) is 5.33. The maximum atomic E-state index is 11.5. The monoisotopic (exact) mass is 339 g/mol. The van der Waals surface area contributed by atoms with Crippen molar-refractivity contribution in [2.24, 2.45) is 0 Å². The summed E-state index contributed by atoms with van der Waals surface area (Å²) in [7, 11) is 0. The third-order valence-electron chi connectivity index (χ3n) is 4.64. The molecular weight excluding hydrogens is 314 g/mol. The lowest BCUT2D eigenvalue weighted by atomic mass is 10.1. The second-order valence-electron chi connectivity index (χ2n) is 6.63. The molecule has 0 amide bonds. The summed E-state index contributed by atoms with van der Waals surface area (Å²) in [4.78, 5) is 11.5. The van der Waals surface area contributed by atoms with Crippen LogP contribution in [0.3, 0.4) is 0 Å². The average molecular weight is 339 g/mol. The molecule has 0 aliphatic heterocycles. The summed E-state index contributed by atoms with van der Waals surface area (Å²) in [5, 5.41) is 12.6. The molecule has 25 heavy (non-hydrogen) atoms. The van der Waals surface area contributed by atoms with Gasteiger partial charge in [0.2, 0.25) is 0 Å². The van der Waals surface area contributed by atoms with E-state index in [1.54, 1.807) is 0 Å². The molecule has 4 heteroatoms. The first-order valence-corrected chi connectivity index (χ1v) is 8.96. The first kappa shape index (κ1) is 17.5. The molecule has 2 aromatic rings. The Hall–Kier alpha value is -2.33. The number of aliphatic carboxylic acids is 1. The molecule has 0 unspecified atom stereocenters. The molecule has 1 aliphatic rings. The minimum absolute atomic E-state index is 0.327. The molecule has 2 aromatic carbocycles. The standard InChI is InChI=1S/C21H25NO3/c23-21(24)20(14-16-7-2-1-3-8-16)22-15-17-9-6-12-19(13-17)25-18-10-4-5-11-18/h1-3,6-9,12-13,18,20,22H,4-5,10-11,14-15H2,(H,23,24)/t20-/m0/s1. The number of nitrogens with one attached hydrogen (secondary N) is 1. The van der Waals surface area contributed by atoms with Crippen LogP contribution in [0.5, 0.6) is 5.75 Å². The van der Waals surface area contributed by atoms with E-state index in [2.05, 4.69) is 5.32 Å². The molecule has 4 nitrogen and oxygen atoms in total. The van der Waals surface area contributed by atoms with Gasteiger partial charge in [-0.25, -0.2) is 0 Å². The molecule has 1 fully saturated rings. The fraction of sp³-hybridized carbons (Fsp3) is 0.381. The van der Waals surface area contributed by atoms with E-state index in [-0.39, 0.29) is 0 Å². The Morgan fingerprint density at radius 2 is 1.80 bits per heavy atom. The highest BCUT2D eigenvalue weighted by Crippen LogP contribution is 2.24. The van der Waals surface area contributed by atoms with Gasteiger partial charge in [-0.2, -0.15) is 0 Å². The Morgan fingerprint density at radius 1 is 1.08 bits per heavy atom. The van der Waals surface area contributed by atoms with Gasteiger partial charge in [0.05, 0.1) is 6.10 Å². The molecule has 132 valence electrons. The smallest absolute Gasteiger partial charge is 0.321 e. The highest BCUT2D eigenvalue weighted by molar-refractivity contribution is 5.73. The van der Waals surface area contributed by atoms with Crippen LogP contribution in [0.15, 0.2) is 54.6 Å². The van der Waals surface area contributed by atoms with Crippen LogP contribution in [0.4, 0.5) is 0 Å². The molecule has 1 aliphatic carbocycles. The van der Waals surface area contributed by atoms with Crippen molar-refractivity contribution in [3.05, 3.63) is 65.7 Å². The highest BCUT2D eigenvalue weighted by Gasteiger charge is 2.18. The van der Waals surface area contributed by atoms with Gasteiger partial charge in [-0.1, -0.05) is 42.5 Å². The maximum Gasteiger partial charge on any atom is 0.321 e. The number of carbonyl (C=O) groups is 1. The molecule has 1 saturated carbocycles. The lowest BCUT2D eigenvalue weighted by Gasteiger charge is -2.16. The summed E-state index contributed by atoms with van der Waals surface area (Å²) < 4.78 is 6.02. The van der Waals surface area contributed by atoms with Gasteiger partial charge in [0.25, 0.3) is 0 Å². The number of hydrogen-bond donors (Lipinski definition) is 2. The normalized spacial score (nSPS) is 15.8. The summed E-state index contributed by atoms with van der Waals surface area (Å²) in [6.45, 7) is 0.506. The summed E-state index contributed by atoms with van der Waals surface area (Å²) in [6.07, 6.45) is 5.53. The van der Waals surface area contributed by atoms with E-state index in [1.165, 1.54) is 12.8 Å². The van der Waals surface area contributed by atoms with E-state index >= 15 is 0 Å². The quantitative estimate of drug-likeness (QED) is 0.768. The van der Waals surface area contributed by atoms with Crippen molar-refractivity contribution in [1.29, 1.82) is 0 Å². The van der Waals surface area contributed by atoms with E-state index in [0.29, 0.717) is 19.1 Å². The Labute approximate surface area is 148 Å². The fourth-order valence-electron chi connectivity index (χ4n) is 3.27. The zero-order chi connectivity index (χ0) is 17.5. The molecule has 0 aromatic heterocycles. The van der Waals surface area contributed by atoms with Crippen molar-refractivity contribution in [3.8, 4) is 5.75 Å². The fourth-order valence-corrected chi connectivity index (χ4v) is 3.27. The Kier molecular flexibility index (Phi) is 6.07. The lowest BCUT2D eigenvalue weighted by Crippen LogP contribution is -2.38. The summed E-state index contributed by atoms with van der Waals surface area (Å²) in [5.74, 6) is 0.0448. The van der Waals surface area contributed by atoms with Gasteiger partial charge in [-0.05, 0) is 55.4 Å². The second kappa shape index (κ2) is 8.67. The number of carboxylic acid groups (broad SMARTS) is 1. The Morgan fingerprint density at radius 3 is 2.52 bits per heavy atom. The van der Waals surface area contributed by atoms with E-state index in [0.717, 1.165) is 29.7 Å². The molecule has 1 atom stereocenters. The molecule has 2 N–H and O–H groups in total. The predicted octanol–water partition coefficient (Wildman–Crippen LogP) is 3.79. The van der Waals surface area contributed by atoms with Gasteiger partial charge in [0.15, 0.2) is 0 Å². The summed E-state index contributed by atoms with van der Waals surface area (Å²) in [5.41, 5.74) is 2.05. The van der Waals surface area contributed by atoms with Crippen LogP contribution in [0.1, 0.15) is 36.8 Å². The van der Waals surface area contributed by atoms with Crippen LogP contribution in [0.25, 0.3) is 0 Å². The summed E-state index contributed by atoms with van der Waals surface area (Å²) in [6, 6.07) is 17.0.